The van der Waals surface area contributed by atoms with E-state index in [9.17, 15) is 0 Å². The number of aromatic nitrogens is 2. The summed E-state index contributed by atoms with van der Waals surface area (Å²) in [6.07, 6.45) is 1.43. The number of nitrogens with two attached hydrogens (primary N) is 1. The van der Waals surface area contributed by atoms with Crippen molar-refractivity contribution in [2.75, 3.05) is 10.7 Å². The predicted molar refractivity (Wildman–Crippen MR) is 74.6 cm³/mol. The van der Waals surface area contributed by atoms with E-state index in [1.807, 2.05) is 0 Å². The normalized spacial score (nSPS) is 10.2. The molecule has 0 fully saturated rings. The molecule has 0 atom stereocenters. The van der Waals surface area contributed by atoms with Crippen LogP contribution in [-0.2, 0) is 0 Å². The summed E-state index contributed by atoms with van der Waals surface area (Å²) >= 11 is 17.7. The van der Waals surface area contributed by atoms with Crippen LogP contribution in [0.2, 0.25) is 15.1 Å². The van der Waals surface area contributed by atoms with Gasteiger partial charge in [0.25, 0.3) is 0 Å². The van der Waals surface area contributed by atoms with Crippen LogP contribution >= 0.6 is 34.8 Å². The highest BCUT2D eigenvalue weighted by atomic mass is 35.5. The van der Waals surface area contributed by atoms with Gasteiger partial charge in [-0.05, 0) is 18.2 Å². The van der Waals surface area contributed by atoms with Crippen molar-refractivity contribution in [3.8, 4) is 0 Å². The van der Waals surface area contributed by atoms with Crippen molar-refractivity contribution in [2.45, 2.75) is 0 Å². The monoisotopic (exact) mass is 303 g/mol. The standard InChI is InChI=1S/C10H8Cl3N5/c11-6-2-1-5(3-7(6)12)16-9-8(13)4-15-10(17-9)18-14/h1-4H,14H2,(H2,15,16,17,18). The number of rotatable bonds is 3. The summed E-state index contributed by atoms with van der Waals surface area (Å²) < 4.78 is 0. The quantitative estimate of drug-likeness (QED) is 0.598. The summed E-state index contributed by atoms with van der Waals surface area (Å²) in [5.74, 6) is 5.89. The number of nitrogens with one attached hydrogen (secondary N) is 2. The molecule has 94 valence electrons. The van der Waals surface area contributed by atoms with E-state index in [2.05, 4.69) is 20.7 Å². The Labute approximate surface area is 118 Å². The average molecular weight is 305 g/mol. The number of nitrogen functional groups attached to an aromatic ring is 1. The molecule has 0 unspecified atom stereocenters. The van der Waals surface area contributed by atoms with E-state index in [0.29, 0.717) is 26.6 Å². The first-order valence-electron chi connectivity index (χ1n) is 4.81. The maximum absolute atomic E-state index is 5.96. The van der Waals surface area contributed by atoms with Crippen molar-refractivity contribution in [1.29, 1.82) is 0 Å². The van der Waals surface area contributed by atoms with E-state index >= 15 is 0 Å². The Bertz CT molecular complexity index is 575. The Morgan fingerprint density at radius 3 is 2.50 bits per heavy atom. The highest BCUT2D eigenvalue weighted by molar-refractivity contribution is 6.42. The van der Waals surface area contributed by atoms with Gasteiger partial charge in [0, 0.05) is 5.69 Å². The molecule has 1 aromatic heterocycles. The topological polar surface area (TPSA) is 75.9 Å². The summed E-state index contributed by atoms with van der Waals surface area (Å²) in [4.78, 5) is 7.94. The largest absolute Gasteiger partial charge is 0.339 e. The number of hydrogen-bond donors (Lipinski definition) is 3. The van der Waals surface area contributed by atoms with Gasteiger partial charge >= 0.3 is 0 Å². The van der Waals surface area contributed by atoms with Crippen molar-refractivity contribution < 1.29 is 0 Å². The molecule has 0 bridgehead atoms. The molecule has 2 aromatic rings. The van der Waals surface area contributed by atoms with Gasteiger partial charge < -0.3 is 5.32 Å². The Morgan fingerprint density at radius 1 is 1.06 bits per heavy atom. The minimum Gasteiger partial charge on any atom is -0.339 e. The van der Waals surface area contributed by atoms with Crippen molar-refractivity contribution in [2.24, 2.45) is 5.84 Å². The molecule has 0 aliphatic carbocycles. The number of hydrazine groups is 1. The fraction of sp³-hybridized carbons (Fsp3) is 0. The van der Waals surface area contributed by atoms with Crippen LogP contribution in [-0.4, -0.2) is 9.97 Å². The minimum atomic E-state index is 0.252. The lowest BCUT2D eigenvalue weighted by Crippen LogP contribution is -2.11. The molecule has 5 nitrogen and oxygen atoms in total. The van der Waals surface area contributed by atoms with Crippen LogP contribution in [0.1, 0.15) is 0 Å². The molecule has 0 radical (unpaired) electrons. The van der Waals surface area contributed by atoms with Crippen LogP contribution in [0.5, 0.6) is 0 Å². The smallest absolute Gasteiger partial charge is 0.239 e. The van der Waals surface area contributed by atoms with Gasteiger partial charge in [0.2, 0.25) is 5.95 Å². The van der Waals surface area contributed by atoms with Gasteiger partial charge in [-0.25, -0.2) is 10.8 Å². The zero-order valence-electron chi connectivity index (χ0n) is 8.92. The van der Waals surface area contributed by atoms with Gasteiger partial charge in [-0.1, -0.05) is 34.8 Å². The highest BCUT2D eigenvalue weighted by Gasteiger charge is 2.06. The Hall–Kier alpha value is -1.27. The summed E-state index contributed by atoms with van der Waals surface area (Å²) in [7, 11) is 0. The zero-order chi connectivity index (χ0) is 13.1. The minimum absolute atomic E-state index is 0.252. The second-order valence-corrected chi connectivity index (χ2v) is 4.51. The number of halogens is 3. The summed E-state index contributed by atoms with van der Waals surface area (Å²) in [5, 5.41) is 4.26. The third kappa shape index (κ3) is 2.94. The number of nitrogens with zero attached hydrogens (tertiary/aromatic N) is 2. The average Bonchev–Trinajstić information content (AvgIpc) is 2.36. The fourth-order valence-electron chi connectivity index (χ4n) is 1.23. The molecule has 0 amide bonds. The highest BCUT2D eigenvalue weighted by Crippen LogP contribution is 2.28. The lowest BCUT2D eigenvalue weighted by Gasteiger charge is -2.09. The maximum atomic E-state index is 5.96. The number of hydrogen-bond acceptors (Lipinski definition) is 5. The summed E-state index contributed by atoms with van der Waals surface area (Å²) in [6.45, 7) is 0. The van der Waals surface area contributed by atoms with Crippen LogP contribution in [0.4, 0.5) is 17.5 Å². The molecular formula is C10H8Cl3N5. The molecule has 0 spiro atoms. The van der Waals surface area contributed by atoms with E-state index in [-0.39, 0.29) is 5.95 Å². The van der Waals surface area contributed by atoms with Gasteiger partial charge in [0.05, 0.1) is 16.2 Å². The first-order valence-corrected chi connectivity index (χ1v) is 5.95. The lowest BCUT2D eigenvalue weighted by molar-refractivity contribution is 1.12. The molecule has 0 saturated carbocycles. The van der Waals surface area contributed by atoms with E-state index in [1.165, 1.54) is 6.20 Å². The van der Waals surface area contributed by atoms with Crippen molar-refractivity contribution in [3.63, 3.8) is 0 Å². The zero-order valence-corrected chi connectivity index (χ0v) is 11.2. The van der Waals surface area contributed by atoms with Crippen molar-refractivity contribution in [1.82, 2.24) is 9.97 Å². The van der Waals surface area contributed by atoms with E-state index in [0.717, 1.165) is 0 Å². The van der Waals surface area contributed by atoms with Gasteiger partial charge in [-0.15, -0.1) is 0 Å². The first-order chi connectivity index (χ1) is 8.60. The van der Waals surface area contributed by atoms with Crippen LogP contribution in [0, 0.1) is 0 Å². The van der Waals surface area contributed by atoms with Gasteiger partial charge in [-0.2, -0.15) is 4.98 Å². The number of anilines is 3. The maximum Gasteiger partial charge on any atom is 0.239 e. The summed E-state index contributed by atoms with van der Waals surface area (Å²) in [5.41, 5.74) is 3.03. The summed E-state index contributed by atoms with van der Waals surface area (Å²) in [6, 6.07) is 5.09. The lowest BCUT2D eigenvalue weighted by atomic mass is 10.3. The first kappa shape index (κ1) is 13.2. The molecule has 4 N–H and O–H groups in total. The molecular weight excluding hydrogens is 297 g/mol. The Balaban J connectivity index is 2.30. The van der Waals surface area contributed by atoms with Gasteiger partial charge in [-0.3, -0.25) is 5.43 Å². The van der Waals surface area contributed by atoms with Crippen molar-refractivity contribution >= 4 is 52.3 Å². The van der Waals surface area contributed by atoms with E-state index in [1.54, 1.807) is 18.2 Å². The molecule has 1 heterocycles. The molecule has 1 aromatic carbocycles. The third-order valence-electron chi connectivity index (χ3n) is 2.06. The van der Waals surface area contributed by atoms with Crippen molar-refractivity contribution in [3.05, 3.63) is 39.5 Å². The van der Waals surface area contributed by atoms with Crippen LogP contribution in [0.3, 0.4) is 0 Å². The Morgan fingerprint density at radius 2 is 1.83 bits per heavy atom. The molecule has 0 aliphatic heterocycles. The van der Waals surface area contributed by atoms with E-state index in [4.69, 9.17) is 40.6 Å². The second-order valence-electron chi connectivity index (χ2n) is 3.29. The molecule has 2 rings (SSSR count). The van der Waals surface area contributed by atoms with E-state index < -0.39 is 0 Å². The SMILES string of the molecule is NNc1ncc(Cl)c(Nc2ccc(Cl)c(Cl)c2)n1. The fourth-order valence-corrected chi connectivity index (χ4v) is 1.67. The molecule has 0 saturated heterocycles. The van der Waals surface area contributed by atoms with Gasteiger partial charge in [0.15, 0.2) is 5.82 Å². The van der Waals surface area contributed by atoms with Crippen LogP contribution in [0.25, 0.3) is 0 Å². The molecule has 18 heavy (non-hydrogen) atoms. The van der Waals surface area contributed by atoms with Crippen LogP contribution < -0.4 is 16.6 Å². The molecule has 8 heteroatoms. The Kier molecular flexibility index (Phi) is 4.08. The predicted octanol–water partition coefficient (Wildman–Crippen LogP) is 3.47. The van der Waals surface area contributed by atoms with Crippen LogP contribution in [0.15, 0.2) is 24.4 Å². The van der Waals surface area contributed by atoms with Gasteiger partial charge in [0.1, 0.15) is 5.02 Å². The second kappa shape index (κ2) is 5.58. The number of benzene rings is 1. The third-order valence-corrected chi connectivity index (χ3v) is 3.07. The molecule has 0 aliphatic rings.